The quantitative estimate of drug-likeness (QED) is 0.358. The number of fused-ring (bicyclic) bond motifs is 1. The molecule has 0 bridgehead atoms. The van der Waals surface area contributed by atoms with Crippen molar-refractivity contribution in [2.24, 2.45) is 5.73 Å². The maximum atomic E-state index is 12.7. The average Bonchev–Trinajstić information content (AvgIpc) is 3.27. The Morgan fingerprint density at radius 1 is 1.06 bits per heavy atom. The predicted octanol–water partition coefficient (Wildman–Crippen LogP) is -0.202. The van der Waals surface area contributed by atoms with Gasteiger partial charge in [0, 0.05) is 12.0 Å². The lowest BCUT2D eigenvalue weighted by Gasteiger charge is -2.18. The Hall–Kier alpha value is -3.84. The summed E-state index contributed by atoms with van der Waals surface area (Å²) < 4.78 is 43.0. The molecule has 1 unspecified atom stereocenters. The number of hydrogen-bond donors (Lipinski definition) is 4. The second-order valence-electron chi connectivity index (χ2n) is 6.87. The standard InChI is InChI=1S/C20H22N4O8S/c1-30-13-3-5-14(6-4-13)33(28,29)24-15(7-9-18(21)25)20(27)23-22-19(26)12-2-8-16-17(10-12)32-11-31-16/h2-6,8,10,15,24H,7,9,11H2,1H3,(H2,21,25)(H,22,26)(H,23,27). The van der Waals surface area contributed by atoms with Crippen LogP contribution in [0.1, 0.15) is 23.2 Å². The third-order valence-electron chi connectivity index (χ3n) is 4.60. The second kappa shape index (κ2) is 10.2. The number of amides is 3. The summed E-state index contributed by atoms with van der Waals surface area (Å²) in [6.45, 7) is 0.0347. The number of carbonyl (C=O) groups is 3. The van der Waals surface area contributed by atoms with Crippen molar-refractivity contribution in [2.45, 2.75) is 23.8 Å². The molecule has 2 aromatic rings. The first-order valence-electron chi connectivity index (χ1n) is 9.64. The van der Waals surface area contributed by atoms with Crippen LogP contribution in [0.2, 0.25) is 0 Å². The van der Waals surface area contributed by atoms with Crippen molar-refractivity contribution in [3.8, 4) is 17.2 Å². The molecule has 0 spiro atoms. The van der Waals surface area contributed by atoms with Crippen molar-refractivity contribution >= 4 is 27.7 Å². The van der Waals surface area contributed by atoms with Crippen LogP contribution >= 0.6 is 0 Å². The molecule has 33 heavy (non-hydrogen) atoms. The van der Waals surface area contributed by atoms with E-state index in [0.29, 0.717) is 17.2 Å². The van der Waals surface area contributed by atoms with Gasteiger partial charge in [-0.2, -0.15) is 4.72 Å². The van der Waals surface area contributed by atoms with Gasteiger partial charge in [0.05, 0.1) is 12.0 Å². The third-order valence-corrected chi connectivity index (χ3v) is 6.08. The van der Waals surface area contributed by atoms with E-state index in [1.807, 2.05) is 0 Å². The minimum Gasteiger partial charge on any atom is -0.497 e. The molecule has 0 aliphatic carbocycles. The zero-order valence-electron chi connectivity index (χ0n) is 17.5. The van der Waals surface area contributed by atoms with Gasteiger partial charge in [0.25, 0.3) is 11.8 Å². The fourth-order valence-electron chi connectivity index (χ4n) is 2.86. The van der Waals surface area contributed by atoms with E-state index in [1.165, 1.54) is 49.6 Å². The van der Waals surface area contributed by atoms with Gasteiger partial charge in [-0.1, -0.05) is 0 Å². The molecule has 0 radical (unpaired) electrons. The summed E-state index contributed by atoms with van der Waals surface area (Å²) in [6, 6.07) is 8.53. The Morgan fingerprint density at radius 3 is 2.42 bits per heavy atom. The summed E-state index contributed by atoms with van der Waals surface area (Å²) in [5.41, 5.74) is 9.66. The minimum absolute atomic E-state index is 0.0347. The summed E-state index contributed by atoms with van der Waals surface area (Å²) >= 11 is 0. The first-order chi connectivity index (χ1) is 15.7. The molecule has 5 N–H and O–H groups in total. The first kappa shape index (κ1) is 23.8. The summed E-state index contributed by atoms with van der Waals surface area (Å²) in [6.07, 6.45) is -0.490. The Kier molecular flexibility index (Phi) is 7.35. The molecule has 0 saturated heterocycles. The molecule has 1 aliphatic heterocycles. The molecule has 12 nitrogen and oxygen atoms in total. The van der Waals surface area contributed by atoms with Crippen LogP contribution in [0.4, 0.5) is 0 Å². The van der Waals surface area contributed by atoms with Crippen LogP contribution in [0.15, 0.2) is 47.4 Å². The predicted molar refractivity (Wildman–Crippen MR) is 114 cm³/mol. The van der Waals surface area contributed by atoms with Crippen molar-refractivity contribution in [2.75, 3.05) is 13.9 Å². The highest BCUT2D eigenvalue weighted by atomic mass is 32.2. The first-order valence-corrected chi connectivity index (χ1v) is 11.1. The summed E-state index contributed by atoms with van der Waals surface area (Å²) in [4.78, 5) is 36.0. The fraction of sp³-hybridized carbons (Fsp3) is 0.250. The highest BCUT2D eigenvalue weighted by Crippen LogP contribution is 2.32. The van der Waals surface area contributed by atoms with E-state index < -0.39 is 33.8 Å². The molecule has 13 heteroatoms. The molecule has 1 aliphatic rings. The fourth-order valence-corrected chi connectivity index (χ4v) is 4.09. The number of primary amides is 1. The molecule has 0 aromatic heterocycles. The van der Waals surface area contributed by atoms with Crippen LogP contribution in [0.25, 0.3) is 0 Å². The van der Waals surface area contributed by atoms with Gasteiger partial charge in [-0.3, -0.25) is 25.2 Å². The maximum absolute atomic E-state index is 12.7. The Labute approximate surface area is 189 Å². The number of rotatable bonds is 9. The second-order valence-corrected chi connectivity index (χ2v) is 8.58. The van der Waals surface area contributed by atoms with Gasteiger partial charge < -0.3 is 19.9 Å². The zero-order valence-corrected chi connectivity index (χ0v) is 18.3. The minimum atomic E-state index is -4.14. The molecule has 1 heterocycles. The SMILES string of the molecule is COc1ccc(S(=O)(=O)NC(CCC(N)=O)C(=O)NNC(=O)c2ccc3c(c2)OCO3)cc1. The lowest BCUT2D eigenvalue weighted by Crippen LogP contribution is -2.52. The number of sulfonamides is 1. The van der Waals surface area contributed by atoms with Crippen molar-refractivity contribution in [3.05, 3.63) is 48.0 Å². The smallest absolute Gasteiger partial charge is 0.269 e. The number of nitrogens with one attached hydrogen (secondary N) is 3. The van der Waals surface area contributed by atoms with Crippen LogP contribution in [0.3, 0.4) is 0 Å². The number of hydrogen-bond acceptors (Lipinski definition) is 8. The van der Waals surface area contributed by atoms with Crippen molar-refractivity contribution < 1.29 is 37.0 Å². The lowest BCUT2D eigenvalue weighted by atomic mass is 10.1. The van der Waals surface area contributed by atoms with Gasteiger partial charge in [0.2, 0.25) is 22.7 Å². The third kappa shape index (κ3) is 6.11. The largest absolute Gasteiger partial charge is 0.497 e. The van der Waals surface area contributed by atoms with Crippen LogP contribution in [-0.2, 0) is 19.6 Å². The van der Waals surface area contributed by atoms with Crippen molar-refractivity contribution in [1.82, 2.24) is 15.6 Å². The summed E-state index contributed by atoms with van der Waals surface area (Å²) in [5.74, 6) is -0.976. The number of nitrogens with two attached hydrogens (primary N) is 1. The van der Waals surface area contributed by atoms with Gasteiger partial charge in [-0.15, -0.1) is 0 Å². The van der Waals surface area contributed by atoms with Crippen LogP contribution in [0, 0.1) is 0 Å². The number of ether oxygens (including phenoxy) is 3. The number of hydrazine groups is 1. The molecular weight excluding hydrogens is 456 g/mol. The topological polar surface area (TPSA) is 175 Å². The van der Waals surface area contributed by atoms with Gasteiger partial charge in [-0.05, 0) is 48.9 Å². The molecule has 2 aromatic carbocycles. The van der Waals surface area contributed by atoms with E-state index in [9.17, 15) is 22.8 Å². The Bertz CT molecular complexity index is 1150. The normalized spacial score (nSPS) is 13.1. The van der Waals surface area contributed by atoms with Crippen LogP contribution < -0.4 is 35.5 Å². The number of benzene rings is 2. The number of methoxy groups -OCH3 is 1. The zero-order chi connectivity index (χ0) is 24.0. The van der Waals surface area contributed by atoms with E-state index in [2.05, 4.69) is 15.6 Å². The van der Waals surface area contributed by atoms with E-state index >= 15 is 0 Å². The Balaban J connectivity index is 1.67. The molecule has 176 valence electrons. The molecule has 0 fully saturated rings. The van der Waals surface area contributed by atoms with Gasteiger partial charge >= 0.3 is 0 Å². The molecular formula is C20H22N4O8S. The molecule has 0 saturated carbocycles. The summed E-state index contributed by atoms with van der Waals surface area (Å²) in [5, 5.41) is 0. The van der Waals surface area contributed by atoms with Gasteiger partial charge in [0.1, 0.15) is 11.8 Å². The van der Waals surface area contributed by atoms with Crippen molar-refractivity contribution in [1.29, 1.82) is 0 Å². The van der Waals surface area contributed by atoms with E-state index in [-0.39, 0.29) is 30.1 Å². The summed E-state index contributed by atoms with van der Waals surface area (Å²) in [7, 11) is -2.70. The van der Waals surface area contributed by atoms with E-state index in [0.717, 1.165) is 0 Å². The van der Waals surface area contributed by atoms with Crippen molar-refractivity contribution in [3.63, 3.8) is 0 Å². The van der Waals surface area contributed by atoms with Crippen LogP contribution in [-0.4, -0.2) is 46.1 Å². The number of carbonyl (C=O) groups excluding carboxylic acids is 3. The van der Waals surface area contributed by atoms with Gasteiger partial charge in [-0.25, -0.2) is 8.42 Å². The highest BCUT2D eigenvalue weighted by molar-refractivity contribution is 7.89. The highest BCUT2D eigenvalue weighted by Gasteiger charge is 2.27. The van der Waals surface area contributed by atoms with E-state index in [1.54, 1.807) is 0 Å². The molecule has 3 rings (SSSR count). The van der Waals surface area contributed by atoms with Crippen LogP contribution in [0.5, 0.6) is 17.2 Å². The molecule has 1 atom stereocenters. The average molecular weight is 478 g/mol. The van der Waals surface area contributed by atoms with E-state index in [4.69, 9.17) is 19.9 Å². The van der Waals surface area contributed by atoms with Gasteiger partial charge in [0.15, 0.2) is 11.5 Å². The maximum Gasteiger partial charge on any atom is 0.269 e. The monoisotopic (exact) mass is 478 g/mol. The lowest BCUT2D eigenvalue weighted by molar-refractivity contribution is -0.124. The Morgan fingerprint density at radius 2 is 1.76 bits per heavy atom. The molecule has 3 amide bonds.